The average molecular weight is 416 g/mol. The van der Waals surface area contributed by atoms with Crippen molar-refractivity contribution in [3.8, 4) is 11.8 Å². The van der Waals surface area contributed by atoms with Crippen molar-refractivity contribution in [1.82, 2.24) is 9.97 Å². The summed E-state index contributed by atoms with van der Waals surface area (Å²) in [6.07, 6.45) is 0.981. The number of nitrogens with zero attached hydrogens (tertiary/aromatic N) is 3. The Labute approximate surface area is 169 Å². The molecule has 2 heterocycles. The van der Waals surface area contributed by atoms with Crippen LogP contribution in [0.5, 0.6) is 5.75 Å². The monoisotopic (exact) mass is 415 g/mol. The van der Waals surface area contributed by atoms with Gasteiger partial charge in [-0.1, -0.05) is 17.7 Å². The maximum Gasteiger partial charge on any atom is 0.417 e. The fraction of sp³-hybridized carbons (Fsp3) is 0.0952. The molecule has 0 aliphatic carbocycles. The van der Waals surface area contributed by atoms with Crippen molar-refractivity contribution in [3.63, 3.8) is 0 Å². The van der Waals surface area contributed by atoms with Crippen LogP contribution in [-0.2, 0) is 12.8 Å². The van der Waals surface area contributed by atoms with E-state index in [0.29, 0.717) is 22.5 Å². The minimum Gasteiger partial charge on any atom is -0.488 e. The van der Waals surface area contributed by atoms with Gasteiger partial charge in [-0.25, -0.2) is 0 Å². The molecule has 0 bridgehead atoms. The topological polar surface area (TPSA) is 58.8 Å². The van der Waals surface area contributed by atoms with Gasteiger partial charge in [-0.15, -0.1) is 0 Å². The largest absolute Gasteiger partial charge is 0.488 e. The highest BCUT2D eigenvalue weighted by atomic mass is 35.5. The molecule has 0 spiro atoms. The predicted molar refractivity (Wildman–Crippen MR) is 103 cm³/mol. The SMILES string of the molecule is N#CC(=Cc1cc(Cl)ccc1OCc1cccnc1)c1ccc(C(F)(F)F)cn1. The second-order valence-electron chi connectivity index (χ2n) is 5.93. The first-order valence-corrected chi connectivity index (χ1v) is 8.71. The van der Waals surface area contributed by atoms with Gasteiger partial charge in [0.2, 0.25) is 0 Å². The zero-order valence-corrected chi connectivity index (χ0v) is 15.6. The summed E-state index contributed by atoms with van der Waals surface area (Å²) in [6, 6.07) is 12.5. The van der Waals surface area contributed by atoms with Crippen molar-refractivity contribution in [2.75, 3.05) is 0 Å². The Bertz CT molecular complexity index is 1060. The summed E-state index contributed by atoms with van der Waals surface area (Å²) in [5, 5.41) is 9.89. The highest BCUT2D eigenvalue weighted by Crippen LogP contribution is 2.31. The van der Waals surface area contributed by atoms with E-state index in [-0.39, 0.29) is 17.9 Å². The normalized spacial score (nSPS) is 11.8. The van der Waals surface area contributed by atoms with Crippen molar-refractivity contribution in [3.05, 3.63) is 88.5 Å². The van der Waals surface area contributed by atoms with Gasteiger partial charge < -0.3 is 4.74 Å². The molecule has 0 radical (unpaired) electrons. The maximum atomic E-state index is 12.7. The number of pyridine rings is 2. The van der Waals surface area contributed by atoms with Crippen molar-refractivity contribution in [2.45, 2.75) is 12.8 Å². The molecule has 3 rings (SSSR count). The highest BCUT2D eigenvalue weighted by Gasteiger charge is 2.30. The zero-order chi connectivity index (χ0) is 20.9. The number of halogens is 4. The first-order chi connectivity index (χ1) is 13.9. The summed E-state index contributed by atoms with van der Waals surface area (Å²) >= 11 is 6.06. The number of hydrogen-bond acceptors (Lipinski definition) is 4. The standard InChI is InChI=1S/C21H13ClF3N3O/c22-18-4-6-20(29-13-14-2-1-7-27-11-14)15(9-18)8-16(10-26)19-5-3-17(12-28-19)21(23,24)25/h1-9,11-12H,13H2. The fourth-order valence-corrected chi connectivity index (χ4v) is 2.63. The van der Waals surface area contributed by atoms with Crippen LogP contribution in [0.2, 0.25) is 5.02 Å². The minimum absolute atomic E-state index is 0.0761. The quantitative estimate of drug-likeness (QED) is 0.495. The van der Waals surface area contributed by atoms with Crippen molar-refractivity contribution >= 4 is 23.3 Å². The Kier molecular flexibility index (Phi) is 6.15. The molecule has 0 aliphatic rings. The highest BCUT2D eigenvalue weighted by molar-refractivity contribution is 6.30. The van der Waals surface area contributed by atoms with E-state index in [4.69, 9.17) is 16.3 Å². The molecule has 0 saturated carbocycles. The third-order valence-electron chi connectivity index (χ3n) is 3.88. The average Bonchev–Trinajstić information content (AvgIpc) is 2.71. The van der Waals surface area contributed by atoms with Crippen LogP contribution in [0.4, 0.5) is 13.2 Å². The van der Waals surface area contributed by atoms with E-state index >= 15 is 0 Å². The predicted octanol–water partition coefficient (Wildman–Crippen LogP) is 5.79. The van der Waals surface area contributed by atoms with Crippen molar-refractivity contribution in [1.29, 1.82) is 5.26 Å². The van der Waals surface area contributed by atoms with Crippen LogP contribution >= 0.6 is 11.6 Å². The smallest absolute Gasteiger partial charge is 0.417 e. The number of benzene rings is 1. The molecule has 8 heteroatoms. The lowest BCUT2D eigenvalue weighted by atomic mass is 10.1. The summed E-state index contributed by atoms with van der Waals surface area (Å²) in [4.78, 5) is 7.78. The van der Waals surface area contributed by atoms with Crippen LogP contribution in [0.25, 0.3) is 11.6 Å². The van der Waals surface area contributed by atoms with Crippen molar-refractivity contribution in [2.24, 2.45) is 0 Å². The maximum absolute atomic E-state index is 12.7. The number of allylic oxidation sites excluding steroid dienone is 1. The van der Waals surface area contributed by atoms with E-state index < -0.39 is 11.7 Å². The molecule has 1 aromatic carbocycles. The lowest BCUT2D eigenvalue weighted by Crippen LogP contribution is -2.05. The third kappa shape index (κ3) is 5.33. The van der Waals surface area contributed by atoms with Crippen LogP contribution < -0.4 is 4.74 Å². The zero-order valence-electron chi connectivity index (χ0n) is 14.8. The fourth-order valence-electron chi connectivity index (χ4n) is 2.45. The summed E-state index contributed by atoms with van der Waals surface area (Å²) < 4.78 is 44.0. The molecule has 0 aliphatic heterocycles. The van der Waals surface area contributed by atoms with Crippen LogP contribution in [0, 0.1) is 11.3 Å². The Hall–Kier alpha value is -3.37. The van der Waals surface area contributed by atoms with Crippen LogP contribution in [0.3, 0.4) is 0 Å². The molecule has 0 unspecified atom stereocenters. The number of alkyl halides is 3. The van der Waals surface area contributed by atoms with Gasteiger partial charge >= 0.3 is 6.18 Å². The molecule has 29 heavy (non-hydrogen) atoms. The Morgan fingerprint density at radius 1 is 1.17 bits per heavy atom. The Morgan fingerprint density at radius 2 is 2.00 bits per heavy atom. The van der Waals surface area contributed by atoms with Crippen LogP contribution in [0.15, 0.2) is 61.1 Å². The van der Waals surface area contributed by atoms with E-state index in [2.05, 4.69) is 9.97 Å². The van der Waals surface area contributed by atoms with Gasteiger partial charge in [0.15, 0.2) is 0 Å². The third-order valence-corrected chi connectivity index (χ3v) is 4.11. The van der Waals surface area contributed by atoms with E-state index in [9.17, 15) is 18.4 Å². The molecule has 0 saturated heterocycles. The Morgan fingerprint density at radius 3 is 2.62 bits per heavy atom. The van der Waals surface area contributed by atoms with E-state index in [0.717, 1.165) is 17.7 Å². The van der Waals surface area contributed by atoms with Gasteiger partial charge in [-0.2, -0.15) is 18.4 Å². The molecule has 0 amide bonds. The minimum atomic E-state index is -4.50. The lowest BCUT2D eigenvalue weighted by Gasteiger charge is -2.10. The second-order valence-corrected chi connectivity index (χ2v) is 6.37. The van der Waals surface area contributed by atoms with Gasteiger partial charge in [0.1, 0.15) is 18.4 Å². The molecular formula is C21H13ClF3N3O. The van der Waals surface area contributed by atoms with Gasteiger partial charge in [-0.05, 0) is 42.5 Å². The number of aromatic nitrogens is 2. The van der Waals surface area contributed by atoms with Gasteiger partial charge in [-0.3, -0.25) is 9.97 Å². The summed E-state index contributed by atoms with van der Waals surface area (Å²) in [6.45, 7) is 0.247. The summed E-state index contributed by atoms with van der Waals surface area (Å²) in [5.41, 5.74) is 0.648. The number of nitriles is 1. The molecule has 0 N–H and O–H groups in total. The number of ether oxygens (including phenoxy) is 1. The molecule has 0 atom stereocenters. The lowest BCUT2D eigenvalue weighted by molar-refractivity contribution is -0.137. The number of rotatable bonds is 5. The molecular weight excluding hydrogens is 403 g/mol. The Balaban J connectivity index is 1.90. The summed E-state index contributed by atoms with van der Waals surface area (Å²) in [7, 11) is 0. The first kappa shape index (κ1) is 20.4. The van der Waals surface area contributed by atoms with E-state index in [1.54, 1.807) is 36.7 Å². The van der Waals surface area contributed by atoms with Gasteiger partial charge in [0.25, 0.3) is 0 Å². The number of hydrogen-bond donors (Lipinski definition) is 0. The summed E-state index contributed by atoms with van der Waals surface area (Å²) in [5.74, 6) is 0.456. The molecule has 0 fully saturated rings. The van der Waals surface area contributed by atoms with E-state index in [1.165, 1.54) is 6.08 Å². The van der Waals surface area contributed by atoms with E-state index in [1.807, 2.05) is 12.1 Å². The van der Waals surface area contributed by atoms with Gasteiger partial charge in [0.05, 0.1) is 16.8 Å². The first-order valence-electron chi connectivity index (χ1n) is 8.33. The molecule has 4 nitrogen and oxygen atoms in total. The van der Waals surface area contributed by atoms with Crippen LogP contribution in [-0.4, -0.2) is 9.97 Å². The molecule has 2 aromatic heterocycles. The van der Waals surface area contributed by atoms with Gasteiger partial charge in [0, 0.05) is 34.7 Å². The van der Waals surface area contributed by atoms with Crippen molar-refractivity contribution < 1.29 is 17.9 Å². The molecule has 146 valence electrons. The van der Waals surface area contributed by atoms with Crippen LogP contribution in [0.1, 0.15) is 22.4 Å². The second kappa shape index (κ2) is 8.76. The molecule has 3 aromatic rings.